The summed E-state index contributed by atoms with van der Waals surface area (Å²) in [5.74, 6) is 0.152. The molecule has 2 nitrogen and oxygen atoms in total. The molecular weight excluding hydrogens is 249 g/mol. The lowest BCUT2D eigenvalue weighted by Gasteiger charge is -2.41. The zero-order valence-electron chi connectivity index (χ0n) is 9.85. The van der Waals surface area contributed by atoms with Crippen molar-refractivity contribution in [2.75, 3.05) is 31.9 Å². The predicted molar refractivity (Wildman–Crippen MR) is 64.2 cm³/mol. The molecule has 1 saturated carbocycles. The summed E-state index contributed by atoms with van der Waals surface area (Å²) in [6.07, 6.45) is 4.85. The van der Waals surface area contributed by atoms with E-state index in [1.165, 1.54) is 25.7 Å². The van der Waals surface area contributed by atoms with E-state index in [2.05, 4.69) is 10.2 Å². The topological polar surface area (TPSA) is 15.3 Å². The van der Waals surface area contributed by atoms with E-state index in [0.29, 0.717) is 6.54 Å². The average Bonchev–Trinajstić information content (AvgIpc) is 2.64. The third-order valence-electron chi connectivity index (χ3n) is 3.69. The Bertz CT molecular complexity index is 252. The summed E-state index contributed by atoms with van der Waals surface area (Å²) < 4.78 is 36.1. The summed E-state index contributed by atoms with van der Waals surface area (Å²) in [5, 5.41) is 3.56. The molecule has 1 aliphatic carbocycles. The van der Waals surface area contributed by atoms with E-state index in [1.807, 2.05) is 0 Å². The second-order valence-corrected chi connectivity index (χ2v) is 6.14. The lowest BCUT2D eigenvalue weighted by atomic mass is 9.95. The molecular formula is C11H19F3N2S. The van der Waals surface area contributed by atoms with Crippen molar-refractivity contribution < 1.29 is 13.2 Å². The van der Waals surface area contributed by atoms with Crippen molar-refractivity contribution in [3.8, 4) is 0 Å². The highest BCUT2D eigenvalue weighted by Crippen LogP contribution is 2.33. The Balaban J connectivity index is 1.74. The SMILES string of the molecule is FC(F)(F)SCCN1CCNC2(CCCC2)C1. The first-order valence-corrected chi connectivity index (χ1v) is 7.16. The number of nitrogens with one attached hydrogen (secondary N) is 1. The highest BCUT2D eigenvalue weighted by Gasteiger charge is 2.37. The molecule has 2 fully saturated rings. The van der Waals surface area contributed by atoms with Gasteiger partial charge in [0, 0.05) is 37.5 Å². The quantitative estimate of drug-likeness (QED) is 0.846. The molecule has 0 aromatic rings. The summed E-state index contributed by atoms with van der Waals surface area (Å²) in [7, 11) is 0. The van der Waals surface area contributed by atoms with Gasteiger partial charge in [0.2, 0.25) is 0 Å². The van der Waals surface area contributed by atoms with Crippen molar-refractivity contribution >= 4 is 11.8 Å². The fourth-order valence-corrected chi connectivity index (χ4v) is 3.49. The first kappa shape index (κ1) is 13.5. The van der Waals surface area contributed by atoms with Crippen LogP contribution in [0.5, 0.6) is 0 Å². The van der Waals surface area contributed by atoms with Gasteiger partial charge < -0.3 is 5.32 Å². The predicted octanol–water partition coefficient (Wildman–Crippen LogP) is 2.46. The number of piperazine rings is 1. The zero-order chi connectivity index (χ0) is 12.4. The lowest BCUT2D eigenvalue weighted by Crippen LogP contribution is -2.59. The van der Waals surface area contributed by atoms with Crippen LogP contribution in [0.1, 0.15) is 25.7 Å². The van der Waals surface area contributed by atoms with Crippen LogP contribution in [0.4, 0.5) is 13.2 Å². The number of hydrogen-bond acceptors (Lipinski definition) is 3. The van der Waals surface area contributed by atoms with E-state index < -0.39 is 5.51 Å². The molecule has 0 unspecified atom stereocenters. The number of rotatable bonds is 3. The van der Waals surface area contributed by atoms with Crippen LogP contribution in [0.25, 0.3) is 0 Å². The molecule has 0 bridgehead atoms. The smallest absolute Gasteiger partial charge is 0.309 e. The Morgan fingerprint density at radius 2 is 1.94 bits per heavy atom. The van der Waals surface area contributed by atoms with Crippen molar-refractivity contribution in [3.05, 3.63) is 0 Å². The van der Waals surface area contributed by atoms with E-state index in [9.17, 15) is 13.2 Å². The van der Waals surface area contributed by atoms with Crippen molar-refractivity contribution in [2.24, 2.45) is 0 Å². The first-order chi connectivity index (χ1) is 7.99. The fourth-order valence-electron chi connectivity index (χ4n) is 2.91. The lowest BCUT2D eigenvalue weighted by molar-refractivity contribution is -0.0329. The number of nitrogens with zero attached hydrogens (tertiary/aromatic N) is 1. The Morgan fingerprint density at radius 3 is 2.59 bits per heavy atom. The second kappa shape index (κ2) is 5.36. The van der Waals surface area contributed by atoms with E-state index in [0.717, 1.165) is 19.6 Å². The third-order valence-corrected chi connectivity index (χ3v) is 4.40. The Labute approximate surface area is 104 Å². The Hall–Kier alpha value is 0.0600. The molecule has 17 heavy (non-hydrogen) atoms. The standard InChI is InChI=1S/C11H19F3N2S/c12-11(13,14)17-8-7-16-6-5-15-10(9-16)3-1-2-4-10/h15H,1-9H2. The van der Waals surface area contributed by atoms with Crippen molar-refractivity contribution in [2.45, 2.75) is 36.7 Å². The van der Waals surface area contributed by atoms with Gasteiger partial charge in [-0.3, -0.25) is 4.90 Å². The van der Waals surface area contributed by atoms with Gasteiger partial charge >= 0.3 is 5.51 Å². The minimum atomic E-state index is -4.08. The molecule has 1 heterocycles. The molecule has 0 amide bonds. The van der Waals surface area contributed by atoms with E-state index >= 15 is 0 Å². The summed E-state index contributed by atoms with van der Waals surface area (Å²) in [4.78, 5) is 2.18. The molecule has 0 atom stereocenters. The molecule has 100 valence electrons. The molecule has 0 aromatic heterocycles. The number of alkyl halides is 3. The Morgan fingerprint density at radius 1 is 1.24 bits per heavy atom. The largest absolute Gasteiger partial charge is 0.441 e. The van der Waals surface area contributed by atoms with Gasteiger partial charge in [-0.2, -0.15) is 13.2 Å². The first-order valence-electron chi connectivity index (χ1n) is 6.17. The van der Waals surface area contributed by atoms with Crippen LogP contribution in [0.3, 0.4) is 0 Å². The minimum absolute atomic E-state index is 0.0961. The van der Waals surface area contributed by atoms with Crippen LogP contribution < -0.4 is 5.32 Å². The minimum Gasteiger partial charge on any atom is -0.309 e. The van der Waals surface area contributed by atoms with Crippen LogP contribution in [0.15, 0.2) is 0 Å². The summed E-state index contributed by atoms with van der Waals surface area (Å²) in [6, 6.07) is 0. The van der Waals surface area contributed by atoms with Crippen molar-refractivity contribution in [3.63, 3.8) is 0 Å². The van der Waals surface area contributed by atoms with Gasteiger partial charge in [0.15, 0.2) is 0 Å². The molecule has 1 aliphatic heterocycles. The molecule has 0 radical (unpaired) electrons. The van der Waals surface area contributed by atoms with E-state index in [-0.39, 0.29) is 23.1 Å². The van der Waals surface area contributed by atoms with Crippen molar-refractivity contribution in [1.82, 2.24) is 10.2 Å². The molecule has 1 saturated heterocycles. The molecule has 2 rings (SSSR count). The summed E-state index contributed by atoms with van der Waals surface area (Å²) in [6.45, 7) is 3.26. The number of hydrogen-bond donors (Lipinski definition) is 1. The third kappa shape index (κ3) is 4.03. The van der Waals surface area contributed by atoms with E-state index in [1.54, 1.807) is 0 Å². The second-order valence-electron chi connectivity index (χ2n) is 4.98. The summed E-state index contributed by atoms with van der Waals surface area (Å²) in [5.41, 5.74) is -3.87. The molecule has 2 aliphatic rings. The molecule has 1 spiro atoms. The van der Waals surface area contributed by atoms with Crippen LogP contribution >= 0.6 is 11.8 Å². The van der Waals surface area contributed by atoms with Gasteiger partial charge in [-0.1, -0.05) is 12.8 Å². The normalized spacial score (nSPS) is 25.6. The number of thioether (sulfide) groups is 1. The van der Waals surface area contributed by atoms with Crippen LogP contribution in [-0.2, 0) is 0 Å². The maximum atomic E-state index is 12.0. The van der Waals surface area contributed by atoms with Gasteiger partial charge in [0.25, 0.3) is 0 Å². The summed E-state index contributed by atoms with van der Waals surface area (Å²) >= 11 is 0.0961. The van der Waals surface area contributed by atoms with Gasteiger partial charge in [-0.05, 0) is 24.6 Å². The molecule has 6 heteroatoms. The fraction of sp³-hybridized carbons (Fsp3) is 1.00. The van der Waals surface area contributed by atoms with Crippen LogP contribution in [-0.4, -0.2) is 47.9 Å². The van der Waals surface area contributed by atoms with Crippen molar-refractivity contribution in [1.29, 1.82) is 0 Å². The average molecular weight is 268 g/mol. The molecule has 0 aromatic carbocycles. The van der Waals surface area contributed by atoms with Crippen LogP contribution in [0.2, 0.25) is 0 Å². The highest BCUT2D eigenvalue weighted by molar-refractivity contribution is 8.00. The maximum Gasteiger partial charge on any atom is 0.441 e. The van der Waals surface area contributed by atoms with Gasteiger partial charge in [-0.15, -0.1) is 0 Å². The monoisotopic (exact) mass is 268 g/mol. The van der Waals surface area contributed by atoms with Gasteiger partial charge in [0.05, 0.1) is 0 Å². The maximum absolute atomic E-state index is 12.0. The number of halogens is 3. The Kier molecular flexibility index (Phi) is 4.26. The van der Waals surface area contributed by atoms with Gasteiger partial charge in [0.1, 0.15) is 0 Å². The zero-order valence-corrected chi connectivity index (χ0v) is 10.7. The van der Waals surface area contributed by atoms with Crippen LogP contribution in [0, 0.1) is 0 Å². The van der Waals surface area contributed by atoms with E-state index in [4.69, 9.17) is 0 Å². The molecule has 1 N–H and O–H groups in total. The highest BCUT2D eigenvalue weighted by atomic mass is 32.2. The van der Waals surface area contributed by atoms with Gasteiger partial charge in [-0.25, -0.2) is 0 Å².